The number of benzene rings is 2. The van der Waals surface area contributed by atoms with E-state index in [-0.39, 0.29) is 5.78 Å². The maximum Gasteiger partial charge on any atom is 0.170 e. The van der Waals surface area contributed by atoms with E-state index in [2.05, 4.69) is 9.80 Å². The Kier molecular flexibility index (Phi) is 8.21. The number of rotatable bonds is 9. The molecule has 2 aromatic carbocycles. The summed E-state index contributed by atoms with van der Waals surface area (Å²) in [6.45, 7) is 6.72. The summed E-state index contributed by atoms with van der Waals surface area (Å²) < 4.78 is 16.2. The van der Waals surface area contributed by atoms with Crippen LogP contribution >= 0.6 is 0 Å². The van der Waals surface area contributed by atoms with Gasteiger partial charge in [-0.05, 0) is 55.8 Å². The van der Waals surface area contributed by atoms with Crippen molar-refractivity contribution in [2.45, 2.75) is 18.4 Å². The van der Waals surface area contributed by atoms with E-state index in [9.17, 15) is 9.90 Å². The number of aliphatic hydroxyl groups is 1. The van der Waals surface area contributed by atoms with Gasteiger partial charge >= 0.3 is 0 Å². The molecule has 2 aromatic rings. The van der Waals surface area contributed by atoms with Crippen LogP contribution in [-0.2, 0) is 10.3 Å². The molecule has 0 amide bonds. The van der Waals surface area contributed by atoms with Crippen molar-refractivity contribution >= 4 is 5.78 Å². The van der Waals surface area contributed by atoms with Crippen LogP contribution in [0.3, 0.4) is 0 Å². The number of methoxy groups -OCH3 is 2. The molecule has 1 N–H and O–H groups in total. The molecular weight excluding hydrogens is 432 g/mol. The fourth-order valence-corrected chi connectivity index (χ4v) is 5.06. The number of hydrogen-bond donors (Lipinski definition) is 1. The molecule has 2 heterocycles. The third-order valence-corrected chi connectivity index (χ3v) is 7.12. The number of ether oxygens (including phenoxy) is 3. The number of likely N-dealkylation sites (tertiary alicyclic amines) is 1. The van der Waals surface area contributed by atoms with Gasteiger partial charge in [0.1, 0.15) is 17.1 Å². The quantitative estimate of drug-likeness (QED) is 0.568. The summed E-state index contributed by atoms with van der Waals surface area (Å²) in [5, 5.41) is 12.0. The number of ketones is 1. The van der Waals surface area contributed by atoms with Crippen molar-refractivity contribution in [1.82, 2.24) is 9.80 Å². The minimum absolute atomic E-state index is 0.0675. The smallest absolute Gasteiger partial charge is 0.170 e. The second-order valence-corrected chi connectivity index (χ2v) is 9.16. The highest BCUT2D eigenvalue weighted by molar-refractivity contribution is 5.99. The van der Waals surface area contributed by atoms with Crippen molar-refractivity contribution in [2.24, 2.45) is 5.92 Å². The van der Waals surface area contributed by atoms with Gasteiger partial charge in [-0.3, -0.25) is 9.69 Å². The Hall–Kier alpha value is -2.45. The SMILES string of the molecule is COc1cccc(C(=O)C2CN(CCCN3CCOCC3)CCC2(O)c2cccc(OC)c2)c1. The van der Waals surface area contributed by atoms with E-state index in [0.29, 0.717) is 30.0 Å². The van der Waals surface area contributed by atoms with Crippen molar-refractivity contribution in [1.29, 1.82) is 0 Å². The number of nitrogens with zero attached hydrogens (tertiary/aromatic N) is 2. The van der Waals surface area contributed by atoms with Crippen LogP contribution in [0, 0.1) is 5.92 Å². The first-order chi connectivity index (χ1) is 16.5. The monoisotopic (exact) mass is 468 g/mol. The van der Waals surface area contributed by atoms with Crippen LogP contribution in [0.25, 0.3) is 0 Å². The summed E-state index contributed by atoms with van der Waals surface area (Å²) in [5.41, 5.74) is 0.0111. The second-order valence-electron chi connectivity index (χ2n) is 9.16. The van der Waals surface area contributed by atoms with Gasteiger partial charge in [0.15, 0.2) is 5.78 Å². The molecule has 2 aliphatic rings. The second kappa shape index (κ2) is 11.3. The van der Waals surface area contributed by atoms with Gasteiger partial charge in [-0.25, -0.2) is 0 Å². The zero-order valence-electron chi connectivity index (χ0n) is 20.2. The maximum atomic E-state index is 13.8. The van der Waals surface area contributed by atoms with Gasteiger partial charge in [0, 0.05) is 31.7 Å². The van der Waals surface area contributed by atoms with Gasteiger partial charge in [0.25, 0.3) is 0 Å². The molecule has 2 saturated heterocycles. The lowest BCUT2D eigenvalue weighted by atomic mass is 9.72. The number of carbonyl (C=O) groups excluding carboxylic acids is 1. The number of Topliss-reactive ketones (excluding diaryl/α,β-unsaturated/α-hetero) is 1. The average Bonchev–Trinajstić information content (AvgIpc) is 2.90. The third-order valence-electron chi connectivity index (χ3n) is 7.12. The molecule has 2 atom stereocenters. The highest BCUT2D eigenvalue weighted by Crippen LogP contribution is 2.40. The van der Waals surface area contributed by atoms with Crippen molar-refractivity contribution < 1.29 is 24.1 Å². The van der Waals surface area contributed by atoms with Crippen LogP contribution in [0.2, 0.25) is 0 Å². The molecule has 0 radical (unpaired) electrons. The first-order valence-corrected chi connectivity index (χ1v) is 12.1. The zero-order valence-corrected chi connectivity index (χ0v) is 20.2. The molecule has 0 spiro atoms. The van der Waals surface area contributed by atoms with Gasteiger partial charge < -0.3 is 24.2 Å². The first kappa shape index (κ1) is 24.7. The Labute approximate surface area is 202 Å². The Morgan fingerprint density at radius 1 is 1.00 bits per heavy atom. The molecule has 184 valence electrons. The Morgan fingerprint density at radius 3 is 2.41 bits per heavy atom. The Morgan fingerprint density at radius 2 is 1.68 bits per heavy atom. The lowest BCUT2D eigenvalue weighted by molar-refractivity contribution is -0.0649. The molecule has 34 heavy (non-hydrogen) atoms. The molecule has 7 nitrogen and oxygen atoms in total. The maximum absolute atomic E-state index is 13.8. The largest absolute Gasteiger partial charge is 0.497 e. The van der Waals surface area contributed by atoms with Crippen molar-refractivity contribution in [3.8, 4) is 11.5 Å². The predicted molar refractivity (Wildman–Crippen MR) is 131 cm³/mol. The normalized spacial score (nSPS) is 24.0. The topological polar surface area (TPSA) is 71.5 Å². The molecule has 2 fully saturated rings. The third kappa shape index (κ3) is 5.61. The lowest BCUT2D eigenvalue weighted by Crippen LogP contribution is -2.53. The standard InChI is InChI=1S/C27H36N2O5/c1-32-23-8-3-6-21(18-23)26(30)25-20-29(12-5-11-28-14-16-34-17-15-28)13-10-27(25,31)22-7-4-9-24(19-22)33-2/h3-4,6-9,18-19,25,31H,5,10-17,20H2,1-2H3. The molecule has 0 aromatic heterocycles. The van der Waals surface area contributed by atoms with Crippen LogP contribution in [0.1, 0.15) is 28.8 Å². The van der Waals surface area contributed by atoms with Crippen LogP contribution in [0.15, 0.2) is 48.5 Å². The molecule has 2 unspecified atom stereocenters. The zero-order chi connectivity index (χ0) is 24.0. The van der Waals surface area contributed by atoms with Gasteiger partial charge in [0.05, 0.1) is 33.4 Å². The molecule has 0 aliphatic carbocycles. The number of morpholine rings is 1. The van der Waals surface area contributed by atoms with E-state index in [1.807, 2.05) is 36.4 Å². The van der Waals surface area contributed by atoms with Crippen molar-refractivity contribution in [2.75, 3.05) is 66.7 Å². The lowest BCUT2D eigenvalue weighted by Gasteiger charge is -2.44. The highest BCUT2D eigenvalue weighted by atomic mass is 16.5. The van der Waals surface area contributed by atoms with E-state index in [1.165, 1.54) is 0 Å². The van der Waals surface area contributed by atoms with Crippen molar-refractivity contribution in [3.05, 3.63) is 59.7 Å². The van der Waals surface area contributed by atoms with E-state index in [1.54, 1.807) is 26.4 Å². The Balaban J connectivity index is 1.54. The summed E-state index contributed by atoms with van der Waals surface area (Å²) in [6.07, 6.45) is 1.51. The molecular formula is C27H36N2O5. The van der Waals surface area contributed by atoms with E-state index in [4.69, 9.17) is 14.2 Å². The molecule has 7 heteroatoms. The summed E-state index contributed by atoms with van der Waals surface area (Å²) in [6, 6.07) is 14.7. The number of carbonyl (C=O) groups is 1. The van der Waals surface area contributed by atoms with Gasteiger partial charge in [-0.15, -0.1) is 0 Å². The predicted octanol–water partition coefficient (Wildman–Crippen LogP) is 2.82. The van der Waals surface area contributed by atoms with Gasteiger partial charge in [-0.1, -0.05) is 24.3 Å². The highest BCUT2D eigenvalue weighted by Gasteiger charge is 2.47. The van der Waals surface area contributed by atoms with Crippen LogP contribution in [0.5, 0.6) is 11.5 Å². The van der Waals surface area contributed by atoms with E-state index < -0.39 is 11.5 Å². The van der Waals surface area contributed by atoms with Gasteiger partial charge in [-0.2, -0.15) is 0 Å². The van der Waals surface area contributed by atoms with Crippen LogP contribution < -0.4 is 9.47 Å². The van der Waals surface area contributed by atoms with Gasteiger partial charge in [0.2, 0.25) is 0 Å². The summed E-state index contributed by atoms with van der Waals surface area (Å²) >= 11 is 0. The minimum atomic E-state index is -1.27. The van der Waals surface area contributed by atoms with E-state index in [0.717, 1.165) is 57.9 Å². The number of piperidine rings is 1. The number of hydrogen-bond acceptors (Lipinski definition) is 7. The fourth-order valence-electron chi connectivity index (χ4n) is 5.06. The molecule has 4 rings (SSSR count). The average molecular weight is 469 g/mol. The first-order valence-electron chi connectivity index (χ1n) is 12.1. The molecule has 0 saturated carbocycles. The summed E-state index contributed by atoms with van der Waals surface area (Å²) in [7, 11) is 3.20. The summed E-state index contributed by atoms with van der Waals surface area (Å²) in [5.74, 6) is 0.645. The molecule has 2 aliphatic heterocycles. The minimum Gasteiger partial charge on any atom is -0.497 e. The molecule has 0 bridgehead atoms. The van der Waals surface area contributed by atoms with Crippen LogP contribution in [0.4, 0.5) is 0 Å². The Bertz CT molecular complexity index is 962. The fraction of sp³-hybridized carbons (Fsp3) is 0.519. The van der Waals surface area contributed by atoms with Crippen molar-refractivity contribution in [3.63, 3.8) is 0 Å². The van der Waals surface area contributed by atoms with E-state index >= 15 is 0 Å². The summed E-state index contributed by atoms with van der Waals surface area (Å²) in [4.78, 5) is 18.5. The van der Waals surface area contributed by atoms with Crippen LogP contribution in [-0.4, -0.2) is 87.4 Å².